The molecule has 0 unspecified atom stereocenters. The molecule has 6 heteroatoms. The summed E-state index contributed by atoms with van der Waals surface area (Å²) in [6, 6.07) is 11.5. The van der Waals surface area contributed by atoms with Crippen molar-refractivity contribution in [3.8, 4) is 5.75 Å². The first-order chi connectivity index (χ1) is 12.8. The first kappa shape index (κ1) is 24.5. The molecule has 0 atom stereocenters. The van der Waals surface area contributed by atoms with Gasteiger partial charge in [0.1, 0.15) is 5.75 Å². The fourth-order valence-electron chi connectivity index (χ4n) is 2.09. The summed E-state index contributed by atoms with van der Waals surface area (Å²) in [5, 5.41) is 2.89. The Hall–Kier alpha value is -2.50. The highest BCUT2D eigenvalue weighted by Gasteiger charge is 2.40. The van der Waals surface area contributed by atoms with Gasteiger partial charge in [0.15, 0.2) is 0 Å². The second kappa shape index (κ2) is 12.0. The third-order valence-corrected chi connectivity index (χ3v) is 3.32. The highest BCUT2D eigenvalue weighted by molar-refractivity contribution is 6.04. The molecule has 0 saturated heterocycles. The molecule has 0 aliphatic rings. The van der Waals surface area contributed by atoms with Crippen LogP contribution in [-0.4, -0.2) is 19.1 Å². The number of hydrogen-bond donors (Lipinski definition) is 1. The Morgan fingerprint density at radius 3 is 2.04 bits per heavy atom. The maximum absolute atomic E-state index is 12.7. The molecule has 0 spiro atoms. The lowest BCUT2D eigenvalue weighted by molar-refractivity contribution is -0.0884. The molecule has 27 heavy (non-hydrogen) atoms. The minimum absolute atomic E-state index is 0.161. The number of nitrogens with one attached hydrogen (secondary N) is 1. The Balaban J connectivity index is 0.00000158. The van der Waals surface area contributed by atoms with E-state index in [4.69, 9.17) is 4.74 Å². The Kier molecular flexibility index (Phi) is 10.9. The standard InChI is InChI=1S/C17H16F3NO2.2C2H6/c1-11-3-8-15(14(9-11)16(22)17(18,19)20)21-10-12-4-6-13(23-2)7-5-12;2*1-2/h3-9,21H,10H2,1-2H3;2*1-2H3. The van der Waals surface area contributed by atoms with Crippen molar-refractivity contribution in [2.24, 2.45) is 0 Å². The van der Waals surface area contributed by atoms with Gasteiger partial charge in [0.05, 0.1) is 12.7 Å². The number of rotatable bonds is 5. The maximum atomic E-state index is 12.7. The number of methoxy groups -OCH3 is 1. The van der Waals surface area contributed by atoms with E-state index in [9.17, 15) is 18.0 Å². The minimum atomic E-state index is -4.90. The first-order valence-electron chi connectivity index (χ1n) is 8.90. The minimum Gasteiger partial charge on any atom is -0.497 e. The van der Waals surface area contributed by atoms with Crippen LogP contribution in [0.4, 0.5) is 18.9 Å². The van der Waals surface area contributed by atoms with E-state index in [2.05, 4.69) is 5.32 Å². The van der Waals surface area contributed by atoms with Crippen LogP contribution in [0.2, 0.25) is 0 Å². The van der Waals surface area contributed by atoms with Crippen molar-refractivity contribution in [2.75, 3.05) is 12.4 Å². The van der Waals surface area contributed by atoms with Crippen LogP contribution in [0.5, 0.6) is 5.75 Å². The van der Waals surface area contributed by atoms with Crippen molar-refractivity contribution in [1.29, 1.82) is 0 Å². The Morgan fingerprint density at radius 1 is 1.00 bits per heavy atom. The van der Waals surface area contributed by atoms with Crippen LogP contribution in [0.15, 0.2) is 42.5 Å². The van der Waals surface area contributed by atoms with Crippen LogP contribution < -0.4 is 10.1 Å². The number of ether oxygens (including phenoxy) is 1. The van der Waals surface area contributed by atoms with E-state index in [-0.39, 0.29) is 11.3 Å². The van der Waals surface area contributed by atoms with Gasteiger partial charge in [-0.1, -0.05) is 51.5 Å². The van der Waals surface area contributed by atoms with Gasteiger partial charge in [-0.25, -0.2) is 0 Å². The van der Waals surface area contributed by atoms with Gasteiger partial charge >= 0.3 is 6.18 Å². The van der Waals surface area contributed by atoms with Gasteiger partial charge in [-0.15, -0.1) is 0 Å². The van der Waals surface area contributed by atoms with Gasteiger partial charge in [-0.3, -0.25) is 4.79 Å². The molecule has 150 valence electrons. The molecule has 2 aromatic carbocycles. The summed E-state index contributed by atoms with van der Waals surface area (Å²) >= 11 is 0. The van der Waals surface area contributed by atoms with E-state index >= 15 is 0 Å². The molecule has 0 aliphatic heterocycles. The third kappa shape index (κ3) is 7.72. The van der Waals surface area contributed by atoms with Gasteiger partial charge in [0.2, 0.25) is 0 Å². The fourth-order valence-corrected chi connectivity index (χ4v) is 2.09. The van der Waals surface area contributed by atoms with Crippen LogP contribution >= 0.6 is 0 Å². The van der Waals surface area contributed by atoms with E-state index in [1.807, 2.05) is 27.7 Å². The molecule has 0 aliphatic carbocycles. The number of carbonyl (C=O) groups is 1. The summed E-state index contributed by atoms with van der Waals surface area (Å²) in [7, 11) is 1.55. The Labute approximate surface area is 159 Å². The number of Topliss-reactive ketones (excluding diaryl/α,β-unsaturated/α-hetero) is 1. The zero-order chi connectivity index (χ0) is 21.0. The van der Waals surface area contributed by atoms with E-state index < -0.39 is 12.0 Å². The zero-order valence-corrected chi connectivity index (χ0v) is 16.7. The zero-order valence-electron chi connectivity index (χ0n) is 16.7. The lowest BCUT2D eigenvalue weighted by atomic mass is 10.0. The average Bonchev–Trinajstić information content (AvgIpc) is 2.69. The predicted octanol–water partition coefficient (Wildman–Crippen LogP) is 6.41. The van der Waals surface area contributed by atoms with Crippen LogP contribution in [0.1, 0.15) is 49.2 Å². The summed E-state index contributed by atoms with van der Waals surface area (Å²) in [5.41, 5.74) is 1.24. The second-order valence-electron chi connectivity index (χ2n) is 5.08. The van der Waals surface area contributed by atoms with Crippen molar-refractivity contribution >= 4 is 11.5 Å². The monoisotopic (exact) mass is 383 g/mol. The van der Waals surface area contributed by atoms with Crippen molar-refractivity contribution in [3.63, 3.8) is 0 Å². The summed E-state index contributed by atoms with van der Waals surface area (Å²) in [5.74, 6) is -1.16. The Morgan fingerprint density at radius 2 is 1.56 bits per heavy atom. The molecular weight excluding hydrogens is 355 g/mol. The fraction of sp³-hybridized carbons (Fsp3) is 0.381. The lowest BCUT2D eigenvalue weighted by Crippen LogP contribution is -2.24. The summed E-state index contributed by atoms with van der Waals surface area (Å²) in [6.07, 6.45) is -4.90. The van der Waals surface area contributed by atoms with Crippen LogP contribution in [0, 0.1) is 6.92 Å². The van der Waals surface area contributed by atoms with E-state index in [0.29, 0.717) is 17.9 Å². The third-order valence-electron chi connectivity index (χ3n) is 3.32. The molecule has 0 amide bonds. The van der Waals surface area contributed by atoms with Crippen molar-refractivity contribution in [2.45, 2.75) is 47.3 Å². The maximum Gasteiger partial charge on any atom is 0.454 e. The molecular formula is C21H28F3NO2. The van der Waals surface area contributed by atoms with E-state index in [1.54, 1.807) is 44.4 Å². The van der Waals surface area contributed by atoms with Gasteiger partial charge in [-0.2, -0.15) is 13.2 Å². The smallest absolute Gasteiger partial charge is 0.454 e. The van der Waals surface area contributed by atoms with E-state index in [0.717, 1.165) is 5.56 Å². The average molecular weight is 383 g/mol. The van der Waals surface area contributed by atoms with Gasteiger partial charge in [0, 0.05) is 12.2 Å². The molecule has 1 N–H and O–H groups in total. The number of hydrogen-bond acceptors (Lipinski definition) is 3. The van der Waals surface area contributed by atoms with Crippen LogP contribution in [0.25, 0.3) is 0 Å². The summed E-state index contributed by atoms with van der Waals surface area (Å²) < 4.78 is 43.1. The molecule has 0 aromatic heterocycles. The first-order valence-corrected chi connectivity index (χ1v) is 8.90. The lowest BCUT2D eigenvalue weighted by Gasteiger charge is -2.14. The quantitative estimate of drug-likeness (QED) is 0.606. The summed E-state index contributed by atoms with van der Waals surface area (Å²) in [6.45, 7) is 9.94. The molecule has 0 saturated carbocycles. The molecule has 0 heterocycles. The normalized spacial score (nSPS) is 9.96. The van der Waals surface area contributed by atoms with Crippen molar-refractivity contribution in [3.05, 3.63) is 59.2 Å². The molecule has 0 bridgehead atoms. The molecule has 3 nitrogen and oxygen atoms in total. The molecule has 2 aromatic rings. The highest BCUT2D eigenvalue weighted by Crippen LogP contribution is 2.27. The van der Waals surface area contributed by atoms with Gasteiger partial charge in [0.25, 0.3) is 5.78 Å². The Bertz CT molecular complexity index is 696. The predicted molar refractivity (Wildman–Crippen MR) is 105 cm³/mol. The number of carbonyl (C=O) groups excluding carboxylic acids is 1. The van der Waals surface area contributed by atoms with Crippen LogP contribution in [0.3, 0.4) is 0 Å². The highest BCUT2D eigenvalue weighted by atomic mass is 19.4. The largest absolute Gasteiger partial charge is 0.497 e. The number of ketones is 1. The topological polar surface area (TPSA) is 38.3 Å². The van der Waals surface area contributed by atoms with E-state index in [1.165, 1.54) is 12.1 Å². The van der Waals surface area contributed by atoms with Crippen molar-refractivity contribution < 1.29 is 22.7 Å². The number of alkyl halides is 3. The number of halogens is 3. The van der Waals surface area contributed by atoms with Crippen LogP contribution in [-0.2, 0) is 6.54 Å². The van der Waals surface area contributed by atoms with Crippen molar-refractivity contribution in [1.82, 2.24) is 0 Å². The van der Waals surface area contributed by atoms with Gasteiger partial charge < -0.3 is 10.1 Å². The number of anilines is 1. The SMILES string of the molecule is CC.CC.COc1ccc(CNc2ccc(C)cc2C(=O)C(F)(F)F)cc1. The summed E-state index contributed by atoms with van der Waals surface area (Å²) in [4.78, 5) is 11.6. The number of benzene rings is 2. The molecule has 0 radical (unpaired) electrons. The number of aryl methyl sites for hydroxylation is 1. The molecule has 2 rings (SSSR count). The second-order valence-corrected chi connectivity index (χ2v) is 5.08. The molecule has 0 fully saturated rings. The van der Waals surface area contributed by atoms with Gasteiger partial charge in [-0.05, 0) is 36.8 Å².